The number of benzene rings is 3. The van der Waals surface area contributed by atoms with Crippen molar-refractivity contribution in [1.29, 1.82) is 0 Å². The minimum Gasteiger partial charge on any atom is -0.341 e. The molecule has 2 aliphatic carbocycles. The fourth-order valence-electron chi connectivity index (χ4n) is 6.66. The zero-order chi connectivity index (χ0) is 20.5. The molecule has 2 aliphatic heterocycles. The van der Waals surface area contributed by atoms with Crippen molar-refractivity contribution in [2.24, 2.45) is 11.8 Å². The SMILES string of the molecule is C1=CC2CCC3=C(C2C=C1)C1(c2ccccc2)OC3(c2ccccc2)c2ccccc21. The van der Waals surface area contributed by atoms with Crippen LogP contribution in [0.4, 0.5) is 0 Å². The van der Waals surface area contributed by atoms with Gasteiger partial charge >= 0.3 is 0 Å². The summed E-state index contributed by atoms with van der Waals surface area (Å²) in [6.07, 6.45) is 11.5. The van der Waals surface area contributed by atoms with E-state index in [9.17, 15) is 0 Å². The average molecular weight is 401 g/mol. The van der Waals surface area contributed by atoms with Crippen molar-refractivity contribution in [1.82, 2.24) is 0 Å². The summed E-state index contributed by atoms with van der Waals surface area (Å²) >= 11 is 0. The lowest BCUT2D eigenvalue weighted by Crippen LogP contribution is -2.36. The fraction of sp³-hybridized carbons (Fsp3) is 0.200. The third kappa shape index (κ3) is 2.05. The molecular weight excluding hydrogens is 376 g/mol. The summed E-state index contributed by atoms with van der Waals surface area (Å²) in [5, 5.41) is 0. The molecule has 31 heavy (non-hydrogen) atoms. The van der Waals surface area contributed by atoms with Crippen LogP contribution in [0.15, 0.2) is 120 Å². The van der Waals surface area contributed by atoms with Crippen LogP contribution in [-0.4, -0.2) is 0 Å². The Balaban J connectivity index is 1.61. The normalized spacial score (nSPS) is 32.0. The maximum absolute atomic E-state index is 7.45. The largest absolute Gasteiger partial charge is 0.341 e. The molecule has 0 N–H and O–H groups in total. The Labute approximate surface area is 183 Å². The minimum absolute atomic E-state index is 0.382. The van der Waals surface area contributed by atoms with E-state index in [0.717, 1.165) is 6.42 Å². The van der Waals surface area contributed by atoms with Gasteiger partial charge in [0.15, 0.2) is 0 Å². The van der Waals surface area contributed by atoms with E-state index in [-0.39, 0.29) is 0 Å². The van der Waals surface area contributed by atoms with Gasteiger partial charge in [0.2, 0.25) is 0 Å². The molecule has 0 saturated heterocycles. The first kappa shape index (κ1) is 17.5. The third-order valence-electron chi connectivity index (χ3n) is 7.79. The first-order chi connectivity index (χ1) is 15.4. The summed E-state index contributed by atoms with van der Waals surface area (Å²) in [5.41, 5.74) is 7.07. The van der Waals surface area contributed by atoms with Crippen molar-refractivity contribution >= 4 is 0 Å². The molecule has 2 bridgehead atoms. The summed E-state index contributed by atoms with van der Waals surface area (Å²) in [6.45, 7) is 0. The average Bonchev–Trinajstić information content (AvgIpc) is 3.35. The highest BCUT2D eigenvalue weighted by Gasteiger charge is 2.66. The quantitative estimate of drug-likeness (QED) is 0.437. The molecule has 0 aromatic heterocycles. The Bertz CT molecular complexity index is 1270. The van der Waals surface area contributed by atoms with Crippen LogP contribution >= 0.6 is 0 Å². The Morgan fingerprint density at radius 3 is 1.94 bits per heavy atom. The summed E-state index contributed by atoms with van der Waals surface area (Å²) in [4.78, 5) is 0. The zero-order valence-corrected chi connectivity index (χ0v) is 17.4. The smallest absolute Gasteiger partial charge is 0.143 e. The molecule has 2 heterocycles. The Kier molecular flexibility index (Phi) is 3.49. The van der Waals surface area contributed by atoms with Crippen LogP contribution in [0.5, 0.6) is 0 Å². The standard InChI is InChI=1S/C30H24O/c1-3-12-22(13-4-1)29-25-17-9-10-18-26(25)30(31-29,23-14-5-2-6-15-23)28-24-16-8-7-11-21(24)19-20-27(28)29/h1-18,21,24H,19-20H2. The van der Waals surface area contributed by atoms with Crippen LogP contribution in [-0.2, 0) is 15.9 Å². The molecule has 150 valence electrons. The molecule has 4 aliphatic rings. The fourth-order valence-corrected chi connectivity index (χ4v) is 6.66. The van der Waals surface area contributed by atoms with Crippen molar-refractivity contribution in [3.8, 4) is 0 Å². The lowest BCUT2D eigenvalue weighted by molar-refractivity contribution is -0.0346. The molecule has 1 nitrogen and oxygen atoms in total. The highest BCUT2D eigenvalue weighted by atomic mass is 16.5. The van der Waals surface area contributed by atoms with Gasteiger partial charge in [-0.2, -0.15) is 0 Å². The molecule has 7 rings (SSSR count). The highest BCUT2D eigenvalue weighted by Crippen LogP contribution is 2.70. The van der Waals surface area contributed by atoms with E-state index in [1.165, 1.54) is 39.8 Å². The molecule has 4 atom stereocenters. The summed E-state index contributed by atoms with van der Waals surface area (Å²) in [5.74, 6) is 0.931. The van der Waals surface area contributed by atoms with Gasteiger partial charge in [0.1, 0.15) is 11.2 Å². The molecule has 0 saturated carbocycles. The van der Waals surface area contributed by atoms with Crippen LogP contribution < -0.4 is 0 Å². The monoisotopic (exact) mass is 400 g/mol. The maximum atomic E-state index is 7.45. The van der Waals surface area contributed by atoms with Crippen molar-refractivity contribution in [3.05, 3.63) is 143 Å². The van der Waals surface area contributed by atoms with Crippen LogP contribution in [0.25, 0.3) is 0 Å². The summed E-state index contributed by atoms with van der Waals surface area (Å²) in [7, 11) is 0. The lowest BCUT2D eigenvalue weighted by Gasteiger charge is -2.42. The second-order valence-electron chi connectivity index (χ2n) is 9.13. The van der Waals surface area contributed by atoms with Gasteiger partial charge in [0, 0.05) is 5.92 Å². The van der Waals surface area contributed by atoms with E-state index < -0.39 is 11.2 Å². The predicted molar refractivity (Wildman–Crippen MR) is 123 cm³/mol. The number of hydrogen-bond donors (Lipinski definition) is 0. The van der Waals surface area contributed by atoms with Crippen LogP contribution in [0, 0.1) is 11.8 Å². The van der Waals surface area contributed by atoms with Crippen molar-refractivity contribution in [2.75, 3.05) is 0 Å². The Morgan fingerprint density at radius 1 is 0.645 bits per heavy atom. The first-order valence-corrected chi connectivity index (χ1v) is 11.4. The third-order valence-corrected chi connectivity index (χ3v) is 7.79. The van der Waals surface area contributed by atoms with Crippen molar-refractivity contribution in [2.45, 2.75) is 24.0 Å². The van der Waals surface area contributed by atoms with Gasteiger partial charge in [-0.05, 0) is 52.2 Å². The number of ether oxygens (including phenoxy) is 1. The molecule has 3 aromatic carbocycles. The predicted octanol–water partition coefficient (Wildman–Crippen LogP) is 6.67. The van der Waals surface area contributed by atoms with Gasteiger partial charge in [0.05, 0.1) is 0 Å². The van der Waals surface area contributed by atoms with Gasteiger partial charge in [-0.3, -0.25) is 0 Å². The van der Waals surface area contributed by atoms with Crippen molar-refractivity contribution < 1.29 is 4.74 Å². The first-order valence-electron chi connectivity index (χ1n) is 11.4. The van der Waals surface area contributed by atoms with E-state index in [4.69, 9.17) is 4.74 Å². The van der Waals surface area contributed by atoms with Gasteiger partial charge in [-0.15, -0.1) is 0 Å². The second-order valence-corrected chi connectivity index (χ2v) is 9.13. The molecule has 3 aromatic rings. The zero-order valence-electron chi connectivity index (χ0n) is 17.4. The molecule has 4 unspecified atom stereocenters. The number of hydrogen-bond acceptors (Lipinski definition) is 1. The number of rotatable bonds is 2. The van der Waals surface area contributed by atoms with Crippen LogP contribution in [0.2, 0.25) is 0 Å². The Morgan fingerprint density at radius 2 is 1.23 bits per heavy atom. The molecule has 0 spiro atoms. The molecular formula is C30H24O. The molecule has 0 amide bonds. The van der Waals surface area contributed by atoms with E-state index in [1.807, 2.05) is 0 Å². The van der Waals surface area contributed by atoms with E-state index >= 15 is 0 Å². The van der Waals surface area contributed by atoms with E-state index in [0.29, 0.717) is 11.8 Å². The summed E-state index contributed by atoms with van der Waals surface area (Å²) < 4.78 is 7.45. The van der Waals surface area contributed by atoms with Crippen LogP contribution in [0.1, 0.15) is 35.1 Å². The number of allylic oxidation sites excluding steroid dienone is 4. The minimum atomic E-state index is -0.526. The van der Waals surface area contributed by atoms with Gasteiger partial charge < -0.3 is 4.74 Å². The van der Waals surface area contributed by atoms with E-state index in [1.54, 1.807) is 0 Å². The lowest BCUT2D eigenvalue weighted by atomic mass is 9.59. The second kappa shape index (κ2) is 6.18. The topological polar surface area (TPSA) is 9.23 Å². The molecule has 0 fully saturated rings. The number of fused-ring (bicyclic) bond motifs is 9. The van der Waals surface area contributed by atoms with Crippen LogP contribution in [0.3, 0.4) is 0 Å². The van der Waals surface area contributed by atoms with Gasteiger partial charge in [-0.25, -0.2) is 0 Å². The maximum Gasteiger partial charge on any atom is 0.143 e. The molecule has 0 radical (unpaired) electrons. The van der Waals surface area contributed by atoms with Crippen molar-refractivity contribution in [3.63, 3.8) is 0 Å². The Hall–Kier alpha value is -3.16. The highest BCUT2D eigenvalue weighted by molar-refractivity contribution is 5.69. The van der Waals surface area contributed by atoms with Gasteiger partial charge in [0.25, 0.3) is 0 Å². The molecule has 1 heteroatoms. The van der Waals surface area contributed by atoms with E-state index in [2.05, 4.69) is 109 Å². The van der Waals surface area contributed by atoms with Gasteiger partial charge in [-0.1, -0.05) is 109 Å². The summed E-state index contributed by atoms with van der Waals surface area (Å²) in [6, 6.07) is 30.7.